The maximum atomic E-state index is 6.82. The molecule has 63 heavy (non-hydrogen) atoms. The summed E-state index contributed by atoms with van der Waals surface area (Å²) in [5.41, 5.74) is 14.4. The normalized spacial score (nSPS) is 12.9. The summed E-state index contributed by atoms with van der Waals surface area (Å²) in [4.78, 5) is 2.40. The van der Waals surface area contributed by atoms with E-state index in [0.29, 0.717) is 0 Å². The minimum atomic E-state index is -0.527. The minimum absolute atomic E-state index is 0.527. The number of furan rings is 1. The SMILES string of the molecule is c1ccc(C2(c3ccccc3)c3ccccc3-c3ccc(N(c4ccc(-c5cc6ccccc6c6ccccc56)cc4)c4ccc5c(c4)oc4c6ccccc6ccc54)cc32)cc1. The van der Waals surface area contributed by atoms with Crippen LogP contribution >= 0.6 is 0 Å². The number of hydrogen-bond acceptors (Lipinski definition) is 2. The summed E-state index contributed by atoms with van der Waals surface area (Å²) in [5.74, 6) is 0. The molecule has 294 valence electrons. The van der Waals surface area contributed by atoms with Crippen LogP contribution in [0.1, 0.15) is 22.3 Å². The van der Waals surface area contributed by atoms with E-state index in [1.807, 2.05) is 0 Å². The van der Waals surface area contributed by atoms with Crippen molar-refractivity contribution in [1.29, 1.82) is 0 Å². The van der Waals surface area contributed by atoms with Crippen molar-refractivity contribution < 1.29 is 4.42 Å². The smallest absolute Gasteiger partial charge is 0.143 e. The van der Waals surface area contributed by atoms with Crippen LogP contribution in [0.25, 0.3) is 76.5 Å². The molecule has 2 heteroatoms. The lowest BCUT2D eigenvalue weighted by atomic mass is 9.67. The average Bonchev–Trinajstić information content (AvgIpc) is 3.88. The zero-order valence-corrected chi connectivity index (χ0v) is 34.4. The fraction of sp³-hybridized carbons (Fsp3) is 0.0164. The molecule has 1 heterocycles. The van der Waals surface area contributed by atoms with Crippen LogP contribution in [0.5, 0.6) is 0 Å². The first-order valence-electron chi connectivity index (χ1n) is 21.7. The van der Waals surface area contributed by atoms with Gasteiger partial charge in [0.2, 0.25) is 0 Å². The van der Waals surface area contributed by atoms with Gasteiger partial charge in [0, 0.05) is 39.3 Å². The van der Waals surface area contributed by atoms with Crippen LogP contribution in [0.3, 0.4) is 0 Å². The molecule has 0 amide bonds. The lowest BCUT2D eigenvalue weighted by Crippen LogP contribution is -2.28. The molecule has 0 aliphatic heterocycles. The van der Waals surface area contributed by atoms with Crippen molar-refractivity contribution in [2.75, 3.05) is 4.90 Å². The highest BCUT2D eigenvalue weighted by Gasteiger charge is 2.46. The molecule has 0 saturated carbocycles. The first-order chi connectivity index (χ1) is 31.2. The third-order valence-electron chi connectivity index (χ3n) is 13.5. The average molecular weight is 802 g/mol. The first-order valence-corrected chi connectivity index (χ1v) is 21.7. The molecule has 12 aromatic rings. The Kier molecular flexibility index (Phi) is 7.85. The van der Waals surface area contributed by atoms with Crippen LogP contribution in [-0.2, 0) is 5.41 Å². The van der Waals surface area contributed by atoms with Gasteiger partial charge in [-0.1, -0.05) is 182 Å². The second-order valence-corrected chi connectivity index (χ2v) is 16.8. The Morgan fingerprint density at radius 2 is 0.889 bits per heavy atom. The van der Waals surface area contributed by atoms with Gasteiger partial charge in [0.25, 0.3) is 0 Å². The number of fused-ring (bicyclic) bond motifs is 11. The van der Waals surface area contributed by atoms with Gasteiger partial charge in [-0.05, 0) is 120 Å². The first kappa shape index (κ1) is 35.5. The minimum Gasteiger partial charge on any atom is -0.455 e. The number of rotatable bonds is 6. The Labute approximate surface area is 365 Å². The zero-order chi connectivity index (χ0) is 41.5. The molecule has 0 bridgehead atoms. The molecule has 0 radical (unpaired) electrons. The van der Waals surface area contributed by atoms with Crippen LogP contribution in [-0.4, -0.2) is 0 Å². The standard InChI is InChI=1S/C61H39NO/c1-3-17-43(18-4-1)61(44-19-5-2-6-20-44)57-26-14-13-25-52(57)53-35-32-46(38-58(53)61)62(47-33-36-54-55-34-29-40-15-7-10-22-49(40)60(55)63-59(54)39-47)45-30-27-41(28-31-45)56-37-42-16-8-9-21-48(42)50-23-11-12-24-51(50)56/h1-39H. The van der Waals surface area contributed by atoms with Crippen molar-refractivity contribution in [3.8, 4) is 22.3 Å². The molecule has 11 aromatic carbocycles. The number of benzene rings is 11. The van der Waals surface area contributed by atoms with Gasteiger partial charge in [-0.2, -0.15) is 0 Å². The molecule has 0 spiro atoms. The van der Waals surface area contributed by atoms with Crippen LogP contribution in [0.2, 0.25) is 0 Å². The van der Waals surface area contributed by atoms with Gasteiger partial charge >= 0.3 is 0 Å². The lowest BCUT2D eigenvalue weighted by Gasteiger charge is -2.35. The van der Waals surface area contributed by atoms with Crippen molar-refractivity contribution >= 4 is 71.3 Å². The van der Waals surface area contributed by atoms with Crippen LogP contribution in [0.15, 0.2) is 241 Å². The topological polar surface area (TPSA) is 16.4 Å². The molecule has 0 atom stereocenters. The van der Waals surface area contributed by atoms with Gasteiger partial charge in [0.05, 0.1) is 5.41 Å². The number of anilines is 3. The Balaban J connectivity index is 1.04. The maximum absolute atomic E-state index is 6.82. The molecular weight excluding hydrogens is 763 g/mol. The Morgan fingerprint density at radius 1 is 0.317 bits per heavy atom. The summed E-state index contributed by atoms with van der Waals surface area (Å²) in [6.07, 6.45) is 0. The predicted octanol–water partition coefficient (Wildman–Crippen LogP) is 16.5. The van der Waals surface area contributed by atoms with Crippen molar-refractivity contribution in [2.45, 2.75) is 5.41 Å². The van der Waals surface area contributed by atoms with E-state index < -0.39 is 5.41 Å². The Hall–Kier alpha value is -8.20. The molecule has 0 fully saturated rings. The molecule has 0 saturated heterocycles. The van der Waals surface area contributed by atoms with E-state index in [4.69, 9.17) is 4.42 Å². The van der Waals surface area contributed by atoms with Crippen molar-refractivity contribution in [3.05, 3.63) is 259 Å². The number of nitrogens with zero attached hydrogens (tertiary/aromatic N) is 1. The quantitative estimate of drug-likeness (QED) is 0.156. The molecule has 1 aromatic heterocycles. The van der Waals surface area contributed by atoms with Crippen LogP contribution in [0.4, 0.5) is 17.1 Å². The summed E-state index contributed by atoms with van der Waals surface area (Å²) < 4.78 is 6.82. The molecule has 1 aliphatic rings. The molecule has 2 nitrogen and oxygen atoms in total. The zero-order valence-electron chi connectivity index (χ0n) is 34.4. The highest BCUT2D eigenvalue weighted by molar-refractivity contribution is 6.16. The summed E-state index contributed by atoms with van der Waals surface area (Å²) in [6, 6.07) is 86.6. The second-order valence-electron chi connectivity index (χ2n) is 16.8. The Morgan fingerprint density at radius 3 is 1.67 bits per heavy atom. The third kappa shape index (κ3) is 5.32. The monoisotopic (exact) mass is 801 g/mol. The second kappa shape index (κ2) is 13.9. The van der Waals surface area contributed by atoms with Gasteiger partial charge in [-0.15, -0.1) is 0 Å². The third-order valence-corrected chi connectivity index (χ3v) is 13.5. The van der Waals surface area contributed by atoms with Crippen molar-refractivity contribution in [3.63, 3.8) is 0 Å². The van der Waals surface area contributed by atoms with E-state index in [-0.39, 0.29) is 0 Å². The van der Waals surface area contributed by atoms with E-state index in [9.17, 15) is 0 Å². The van der Waals surface area contributed by atoms with Gasteiger partial charge in [-0.3, -0.25) is 0 Å². The number of hydrogen-bond donors (Lipinski definition) is 0. The maximum Gasteiger partial charge on any atom is 0.143 e. The van der Waals surface area contributed by atoms with Crippen molar-refractivity contribution in [1.82, 2.24) is 0 Å². The van der Waals surface area contributed by atoms with Crippen LogP contribution < -0.4 is 4.90 Å². The summed E-state index contributed by atoms with van der Waals surface area (Å²) in [7, 11) is 0. The van der Waals surface area contributed by atoms with E-state index >= 15 is 0 Å². The predicted molar refractivity (Wildman–Crippen MR) is 264 cm³/mol. The largest absolute Gasteiger partial charge is 0.455 e. The van der Waals surface area contributed by atoms with Crippen molar-refractivity contribution in [2.24, 2.45) is 0 Å². The van der Waals surface area contributed by atoms with Gasteiger partial charge in [0.1, 0.15) is 11.2 Å². The fourth-order valence-corrected chi connectivity index (χ4v) is 10.7. The highest BCUT2D eigenvalue weighted by Crippen LogP contribution is 2.57. The molecular formula is C61H39NO. The van der Waals surface area contributed by atoms with Gasteiger partial charge in [-0.25, -0.2) is 0 Å². The van der Waals surface area contributed by atoms with Gasteiger partial charge in [0.15, 0.2) is 0 Å². The molecule has 13 rings (SSSR count). The molecule has 1 aliphatic carbocycles. The fourth-order valence-electron chi connectivity index (χ4n) is 10.7. The summed E-state index contributed by atoms with van der Waals surface area (Å²) in [6.45, 7) is 0. The van der Waals surface area contributed by atoms with E-state index in [1.54, 1.807) is 0 Å². The summed E-state index contributed by atoms with van der Waals surface area (Å²) >= 11 is 0. The summed E-state index contributed by atoms with van der Waals surface area (Å²) in [5, 5.41) is 9.55. The van der Waals surface area contributed by atoms with E-state index in [1.165, 1.54) is 71.4 Å². The highest BCUT2D eigenvalue weighted by atomic mass is 16.3. The molecule has 0 N–H and O–H groups in total. The Bertz CT molecular complexity index is 3690. The van der Waals surface area contributed by atoms with Crippen LogP contribution in [0, 0.1) is 0 Å². The lowest BCUT2D eigenvalue weighted by molar-refractivity contribution is 0.672. The molecule has 0 unspecified atom stereocenters. The van der Waals surface area contributed by atoms with Gasteiger partial charge < -0.3 is 9.32 Å². The van der Waals surface area contributed by atoms with E-state index in [2.05, 4.69) is 241 Å². The van der Waals surface area contributed by atoms with E-state index in [0.717, 1.165) is 44.4 Å².